The van der Waals surface area contributed by atoms with Crippen molar-refractivity contribution in [1.29, 1.82) is 0 Å². The molecule has 88 heavy (non-hydrogen) atoms. The van der Waals surface area contributed by atoms with Gasteiger partial charge in [-0.2, -0.15) is 0 Å². The first-order valence-electron chi connectivity index (χ1n) is 29.3. The first-order valence-corrected chi connectivity index (χ1v) is 31.1. The SMILES string of the molecule is C=C(CC(C)(C)c1cc(P(=O)(O)CC=O)ccc1OC(C)=O)OCCN1CCN(c2cc(=O)c3nc4c(oc3c2)c2c(=O)c3c(O)c(C)c5c(c34)=C(O)[C@@](C)(O/C=C/[C@H](C)[C@@H](C)[C@@H](OC(C)=O)[C@H](C)[C@H](O)[C@H](C)[C@@H](O)[C@@H](C)/C=C/C=C(/C)C(=O)N2)O5)CC1. The van der Waals surface area contributed by atoms with Gasteiger partial charge in [0.2, 0.25) is 18.2 Å². The Balaban J connectivity index is 1.11. The molecule has 3 aliphatic rings. The van der Waals surface area contributed by atoms with Crippen LogP contribution in [0.3, 0.4) is 0 Å². The largest absolute Gasteiger partial charge is 0.507 e. The minimum atomic E-state index is -4.02. The number of rotatable bonds is 13. The number of aldehydes is 1. The normalized spacial score (nSPS) is 26.1. The number of hydrogen-bond acceptors (Lipinski definition) is 20. The lowest BCUT2D eigenvalue weighted by molar-refractivity contribution is -0.158. The number of fused-ring (bicyclic) bond motifs is 5. The van der Waals surface area contributed by atoms with E-state index in [1.165, 1.54) is 71.2 Å². The van der Waals surface area contributed by atoms with Crippen molar-refractivity contribution in [1.82, 2.24) is 9.88 Å². The fourth-order valence-corrected chi connectivity index (χ4v) is 12.9. The molecule has 1 aromatic heterocycles. The summed E-state index contributed by atoms with van der Waals surface area (Å²) in [6, 6.07) is 7.30. The molecule has 3 aliphatic heterocycles. The maximum atomic E-state index is 15.1. The third-order valence-corrected chi connectivity index (χ3v) is 19.1. The Hall–Kier alpha value is -7.88. The van der Waals surface area contributed by atoms with Crippen molar-refractivity contribution >= 4 is 86.9 Å². The number of benzene rings is 4. The van der Waals surface area contributed by atoms with E-state index in [1.54, 1.807) is 45.1 Å². The molecular weight excluding hydrogens is 1160 g/mol. The summed E-state index contributed by atoms with van der Waals surface area (Å²) in [6.07, 6.45) is 4.69. The predicted octanol–water partition coefficient (Wildman–Crippen LogP) is 7.22. The molecule has 4 aromatic carbocycles. The van der Waals surface area contributed by atoms with Crippen molar-refractivity contribution in [3.63, 3.8) is 0 Å². The van der Waals surface area contributed by atoms with Gasteiger partial charge in [0.1, 0.15) is 47.4 Å². The van der Waals surface area contributed by atoms with E-state index in [1.807, 2.05) is 32.6 Å². The zero-order chi connectivity index (χ0) is 64.6. The maximum Gasteiger partial charge on any atom is 0.308 e. The molecule has 1 saturated heterocycles. The summed E-state index contributed by atoms with van der Waals surface area (Å²) < 4.78 is 49.4. The van der Waals surface area contributed by atoms with Gasteiger partial charge < -0.3 is 68.4 Å². The van der Waals surface area contributed by atoms with Gasteiger partial charge in [-0.15, -0.1) is 0 Å². The number of carbonyl (C=O) groups is 4. The van der Waals surface area contributed by atoms with Crippen molar-refractivity contribution in [3.05, 3.63) is 116 Å². The predicted molar refractivity (Wildman–Crippen MR) is 333 cm³/mol. The van der Waals surface area contributed by atoms with Gasteiger partial charge >= 0.3 is 17.7 Å². The maximum absolute atomic E-state index is 15.1. The molecule has 0 saturated carbocycles. The molecule has 23 heteroatoms. The number of ether oxygens (including phenoxy) is 5. The fraction of sp³-hybridized carbons (Fsp3) is 0.462. The number of allylic oxidation sites excluding steroid dienone is 4. The number of anilines is 2. The number of aromatic hydroxyl groups is 1. The van der Waals surface area contributed by atoms with Crippen molar-refractivity contribution in [2.45, 2.75) is 119 Å². The molecule has 1 unspecified atom stereocenters. The van der Waals surface area contributed by atoms with E-state index < -0.39 is 119 Å². The number of aromatic nitrogens is 1. The molecule has 6 N–H and O–H groups in total. The highest BCUT2D eigenvalue weighted by molar-refractivity contribution is 7.66. The minimum absolute atomic E-state index is 0.0348. The fourth-order valence-electron chi connectivity index (χ4n) is 11.8. The van der Waals surface area contributed by atoms with Gasteiger partial charge in [-0.25, -0.2) is 4.98 Å². The molecule has 10 atom stereocenters. The lowest BCUT2D eigenvalue weighted by Crippen LogP contribution is -2.47. The number of piperazine rings is 1. The zero-order valence-electron chi connectivity index (χ0n) is 51.7. The highest BCUT2D eigenvalue weighted by Gasteiger charge is 2.44. The summed E-state index contributed by atoms with van der Waals surface area (Å²) in [6.45, 7) is 26.4. The Kier molecular flexibility index (Phi) is 19.6. The second-order valence-electron chi connectivity index (χ2n) is 24.3. The number of esters is 2. The van der Waals surface area contributed by atoms with Crippen LogP contribution in [0.4, 0.5) is 11.4 Å². The molecule has 0 aliphatic carbocycles. The van der Waals surface area contributed by atoms with Crippen LogP contribution < -0.4 is 41.1 Å². The van der Waals surface area contributed by atoms with Crippen LogP contribution in [-0.2, 0) is 43.4 Å². The van der Waals surface area contributed by atoms with Crippen molar-refractivity contribution in [2.24, 2.45) is 29.6 Å². The van der Waals surface area contributed by atoms with Crippen LogP contribution in [0.1, 0.15) is 93.7 Å². The van der Waals surface area contributed by atoms with Crippen LogP contribution in [0.25, 0.3) is 38.7 Å². The van der Waals surface area contributed by atoms with E-state index in [0.29, 0.717) is 56.0 Å². The summed E-state index contributed by atoms with van der Waals surface area (Å²) in [7, 11) is -4.02. The standard InChI is InChI=1S/C65H79N4O18P/c1-33-19-26-83-65(13)62(78)51-49-50(57(76)40(8)60(51)87-65)58(77)54(67-63(79)35(3)16-14-15-34(2)55(74)38(6)56(75)39(7)59(37(33)5)85-42(10)72)61-53(49)66-52-46(73)29-43(30-48(52)86-61)69-22-20-68(21-23-69)24-27-82-36(4)32-64(11,12)45-31-44(88(80,81)28-25-70)17-18-47(45)84-41(9)71/h14-19,25-26,29-31,33-34,37-39,55-56,59,74-76,78H,4,20-24,27-28,32H2,1-3,5-13H3,(H,67,79)(H,80,81)/b15-14+,26-19+,35-16-/t33-,34-,37+,38+,39+,55-,56+,59+,65-/m0/s1. The van der Waals surface area contributed by atoms with Gasteiger partial charge in [-0.05, 0) is 50.0 Å². The Morgan fingerprint density at radius 1 is 0.920 bits per heavy atom. The summed E-state index contributed by atoms with van der Waals surface area (Å²) >= 11 is 0. The van der Waals surface area contributed by atoms with Crippen LogP contribution in [0, 0.1) is 36.5 Å². The molecule has 472 valence electrons. The average molecular weight is 1240 g/mol. The first kappa shape index (κ1) is 66.1. The van der Waals surface area contributed by atoms with Crippen molar-refractivity contribution in [3.8, 4) is 17.2 Å². The van der Waals surface area contributed by atoms with Gasteiger partial charge in [0, 0.05) is 128 Å². The average Bonchev–Trinajstić information content (AvgIpc) is 1.34. The van der Waals surface area contributed by atoms with E-state index in [0.717, 1.165) is 0 Å². The quantitative estimate of drug-likeness (QED) is 0.0129. The number of nitrogens with one attached hydrogen (secondary N) is 1. The second kappa shape index (κ2) is 26.1. The number of nitrogens with zero attached hydrogens (tertiary/aromatic N) is 3. The van der Waals surface area contributed by atoms with E-state index in [4.69, 9.17) is 33.1 Å². The Morgan fingerprint density at radius 3 is 2.27 bits per heavy atom. The van der Waals surface area contributed by atoms with Gasteiger partial charge in [0.15, 0.2) is 22.4 Å². The molecule has 1 fully saturated rings. The number of aliphatic hydroxyl groups is 3. The lowest BCUT2D eigenvalue weighted by Gasteiger charge is -2.37. The first-order chi connectivity index (χ1) is 41.3. The summed E-state index contributed by atoms with van der Waals surface area (Å²) in [4.78, 5) is 98.9. The molecule has 1 amide bonds. The highest BCUT2D eigenvalue weighted by atomic mass is 31.2. The second-order valence-corrected chi connectivity index (χ2v) is 26.6. The third kappa shape index (κ3) is 13.4. The smallest absolute Gasteiger partial charge is 0.308 e. The molecule has 5 aromatic rings. The van der Waals surface area contributed by atoms with Crippen LogP contribution in [-0.4, -0.2) is 129 Å². The number of amides is 1. The lowest BCUT2D eigenvalue weighted by atomic mass is 9.77. The van der Waals surface area contributed by atoms with E-state index >= 15 is 4.79 Å². The Morgan fingerprint density at radius 2 is 1.61 bits per heavy atom. The molecule has 8 rings (SSSR count). The minimum Gasteiger partial charge on any atom is -0.507 e. The van der Waals surface area contributed by atoms with Gasteiger partial charge in [-0.3, -0.25) is 33.4 Å². The van der Waals surface area contributed by atoms with Gasteiger partial charge in [-0.1, -0.05) is 73.3 Å². The van der Waals surface area contributed by atoms with Crippen LogP contribution in [0.5, 0.6) is 17.2 Å². The van der Waals surface area contributed by atoms with Gasteiger partial charge in [0.05, 0.1) is 41.0 Å². The topological polar surface area (TPSA) is 311 Å². The molecule has 0 radical (unpaired) electrons. The van der Waals surface area contributed by atoms with Crippen LogP contribution >= 0.6 is 7.37 Å². The van der Waals surface area contributed by atoms with Crippen LogP contribution in [0.2, 0.25) is 0 Å². The number of carbonyl (C=O) groups excluding carboxylic acids is 4. The van der Waals surface area contributed by atoms with E-state index in [2.05, 4.69) is 16.8 Å². The number of phenols is 1. The van der Waals surface area contributed by atoms with Gasteiger partial charge in [0.25, 0.3) is 5.91 Å². The molecule has 0 spiro atoms. The Labute approximate surface area is 509 Å². The summed E-state index contributed by atoms with van der Waals surface area (Å²) in [5, 5.41) is 49.6. The van der Waals surface area contributed by atoms with E-state index in [9.17, 15) is 53.9 Å². The van der Waals surface area contributed by atoms with Crippen LogP contribution in [0.15, 0.2) is 92.8 Å². The zero-order valence-corrected chi connectivity index (χ0v) is 52.6. The molecule has 4 heterocycles. The van der Waals surface area contributed by atoms with Crippen molar-refractivity contribution in [2.75, 3.05) is 55.7 Å². The summed E-state index contributed by atoms with van der Waals surface area (Å²) in [5.74, 6) is -7.17. The Bertz CT molecular complexity index is 3940. The monoisotopic (exact) mass is 1230 g/mol. The highest BCUT2D eigenvalue weighted by Crippen LogP contribution is 2.45. The summed E-state index contributed by atoms with van der Waals surface area (Å²) in [5.41, 5.74) is -2.30. The number of phenolic OH excluding ortho intramolecular Hbond substituents is 1. The van der Waals surface area contributed by atoms with Crippen molar-refractivity contribution < 1.29 is 77.2 Å². The van der Waals surface area contributed by atoms with E-state index in [-0.39, 0.29) is 79.2 Å². The molecule has 22 nitrogen and oxygen atoms in total. The number of hydrogen-bond donors (Lipinski definition) is 6. The number of aliphatic hydroxyl groups excluding tert-OH is 3. The molecule has 5 bridgehead atoms. The third-order valence-electron chi connectivity index (χ3n) is 17.3. The molecular formula is C65H79N4O18P.